The number of nitrogens with one attached hydrogen (secondary N) is 1. The Bertz CT molecular complexity index is 520. The van der Waals surface area contributed by atoms with Gasteiger partial charge < -0.3 is 5.11 Å². The van der Waals surface area contributed by atoms with Crippen molar-refractivity contribution in [1.29, 1.82) is 0 Å². The molecule has 2 N–H and O–H groups in total. The van der Waals surface area contributed by atoms with Crippen molar-refractivity contribution < 1.29 is 18.3 Å². The molecule has 1 rings (SSSR count). The SMILES string of the molecule is C=C(Br)CNS(=O)(=O)c1ccc(C(=O)O)s1. The number of thiophene rings is 1. The van der Waals surface area contributed by atoms with Gasteiger partial charge in [0, 0.05) is 11.0 Å². The van der Waals surface area contributed by atoms with E-state index in [-0.39, 0.29) is 15.6 Å². The van der Waals surface area contributed by atoms with E-state index in [1.807, 2.05) is 0 Å². The number of carbonyl (C=O) groups is 1. The second-order valence-electron chi connectivity index (χ2n) is 2.77. The quantitative estimate of drug-likeness (QED) is 0.861. The number of carboxylic acid groups (broad SMARTS) is 1. The molecular formula is C8H8BrNO4S2. The highest BCUT2D eigenvalue weighted by Crippen LogP contribution is 2.21. The van der Waals surface area contributed by atoms with Gasteiger partial charge in [-0.2, -0.15) is 0 Å². The van der Waals surface area contributed by atoms with Crippen LogP contribution in [0.4, 0.5) is 0 Å². The van der Waals surface area contributed by atoms with Crippen LogP contribution in [0, 0.1) is 0 Å². The van der Waals surface area contributed by atoms with E-state index in [1.165, 1.54) is 12.1 Å². The van der Waals surface area contributed by atoms with Gasteiger partial charge in [0.05, 0.1) is 0 Å². The normalized spacial score (nSPS) is 11.3. The zero-order valence-corrected chi connectivity index (χ0v) is 11.2. The number of rotatable bonds is 5. The lowest BCUT2D eigenvalue weighted by Gasteiger charge is -2.02. The number of hydrogen-bond acceptors (Lipinski definition) is 4. The highest BCUT2D eigenvalue weighted by molar-refractivity contribution is 9.11. The summed E-state index contributed by atoms with van der Waals surface area (Å²) >= 11 is 3.72. The highest BCUT2D eigenvalue weighted by atomic mass is 79.9. The summed E-state index contributed by atoms with van der Waals surface area (Å²) in [5, 5.41) is 8.66. The van der Waals surface area contributed by atoms with Crippen molar-refractivity contribution in [3.63, 3.8) is 0 Å². The summed E-state index contributed by atoms with van der Waals surface area (Å²) in [6.07, 6.45) is 0. The topological polar surface area (TPSA) is 83.5 Å². The molecule has 0 aliphatic carbocycles. The Morgan fingerprint density at radius 2 is 2.19 bits per heavy atom. The number of halogens is 1. The van der Waals surface area contributed by atoms with Crippen LogP contribution in [0.25, 0.3) is 0 Å². The molecule has 0 spiro atoms. The van der Waals surface area contributed by atoms with Gasteiger partial charge in [-0.05, 0) is 12.1 Å². The molecule has 16 heavy (non-hydrogen) atoms. The first kappa shape index (κ1) is 13.4. The molecule has 0 saturated carbocycles. The van der Waals surface area contributed by atoms with E-state index in [0.29, 0.717) is 15.8 Å². The summed E-state index contributed by atoms with van der Waals surface area (Å²) < 4.78 is 26.0. The van der Waals surface area contributed by atoms with E-state index in [4.69, 9.17) is 5.11 Å². The Hall–Kier alpha value is -0.700. The third-order valence-electron chi connectivity index (χ3n) is 1.51. The molecule has 5 nitrogen and oxygen atoms in total. The van der Waals surface area contributed by atoms with Gasteiger partial charge in [-0.1, -0.05) is 22.5 Å². The second-order valence-corrected chi connectivity index (χ2v) is 6.96. The summed E-state index contributed by atoms with van der Waals surface area (Å²) in [5.41, 5.74) is 0. The third kappa shape index (κ3) is 3.41. The Balaban J connectivity index is 2.90. The maximum atomic E-state index is 11.6. The number of hydrogen-bond donors (Lipinski definition) is 2. The Morgan fingerprint density at radius 1 is 1.56 bits per heavy atom. The molecule has 0 radical (unpaired) electrons. The highest BCUT2D eigenvalue weighted by Gasteiger charge is 2.18. The average molecular weight is 326 g/mol. The average Bonchev–Trinajstić information content (AvgIpc) is 2.64. The fourth-order valence-corrected chi connectivity index (χ4v) is 3.36. The van der Waals surface area contributed by atoms with E-state index < -0.39 is 16.0 Å². The van der Waals surface area contributed by atoms with Gasteiger partial charge in [0.15, 0.2) is 0 Å². The van der Waals surface area contributed by atoms with Crippen LogP contribution in [0.1, 0.15) is 9.67 Å². The molecule has 0 unspecified atom stereocenters. The standard InChI is InChI=1S/C8H8BrNO4S2/c1-5(9)4-10-16(13,14)7-3-2-6(15-7)8(11)12/h2-3,10H,1,4H2,(H,11,12). The monoisotopic (exact) mass is 325 g/mol. The molecule has 0 fully saturated rings. The smallest absolute Gasteiger partial charge is 0.345 e. The lowest BCUT2D eigenvalue weighted by molar-refractivity contribution is 0.0702. The van der Waals surface area contributed by atoms with E-state index >= 15 is 0 Å². The lowest BCUT2D eigenvalue weighted by Crippen LogP contribution is -2.23. The Morgan fingerprint density at radius 3 is 2.62 bits per heavy atom. The molecule has 0 aliphatic heterocycles. The molecule has 0 amide bonds. The Labute approximate surface area is 105 Å². The van der Waals surface area contributed by atoms with Gasteiger partial charge in [-0.25, -0.2) is 17.9 Å². The van der Waals surface area contributed by atoms with E-state index in [9.17, 15) is 13.2 Å². The summed E-state index contributed by atoms with van der Waals surface area (Å²) in [4.78, 5) is 10.6. The summed E-state index contributed by atoms with van der Waals surface area (Å²) in [6.45, 7) is 3.54. The molecule has 0 saturated heterocycles. The molecule has 1 aromatic rings. The van der Waals surface area contributed by atoms with Gasteiger partial charge in [0.25, 0.3) is 0 Å². The predicted octanol–water partition coefficient (Wildman–Crippen LogP) is 1.63. The fraction of sp³-hybridized carbons (Fsp3) is 0.125. The van der Waals surface area contributed by atoms with Gasteiger partial charge in [-0.3, -0.25) is 0 Å². The van der Waals surface area contributed by atoms with Crippen molar-refractivity contribution in [2.24, 2.45) is 0 Å². The summed E-state index contributed by atoms with van der Waals surface area (Å²) in [6, 6.07) is 2.51. The maximum Gasteiger partial charge on any atom is 0.345 e. The molecule has 0 atom stereocenters. The third-order valence-corrected chi connectivity index (χ3v) is 4.76. The van der Waals surface area contributed by atoms with Crippen LogP contribution in [0.5, 0.6) is 0 Å². The van der Waals surface area contributed by atoms with E-state index in [0.717, 1.165) is 0 Å². The minimum Gasteiger partial charge on any atom is -0.477 e. The minimum absolute atomic E-state index is 0.0157. The first-order chi connectivity index (χ1) is 7.33. The molecule has 8 heteroatoms. The molecule has 88 valence electrons. The van der Waals surface area contributed by atoms with Crippen molar-refractivity contribution in [1.82, 2.24) is 4.72 Å². The van der Waals surface area contributed by atoms with E-state index in [2.05, 4.69) is 27.2 Å². The largest absolute Gasteiger partial charge is 0.477 e. The molecule has 1 aromatic heterocycles. The van der Waals surface area contributed by atoms with Crippen LogP contribution in [-0.2, 0) is 10.0 Å². The number of sulfonamides is 1. The van der Waals surface area contributed by atoms with Crippen molar-refractivity contribution in [3.05, 3.63) is 28.1 Å². The fourth-order valence-electron chi connectivity index (χ4n) is 0.824. The van der Waals surface area contributed by atoms with Crippen molar-refractivity contribution in [2.45, 2.75) is 4.21 Å². The van der Waals surface area contributed by atoms with Crippen molar-refractivity contribution in [2.75, 3.05) is 6.54 Å². The van der Waals surface area contributed by atoms with Crippen LogP contribution < -0.4 is 4.72 Å². The second kappa shape index (κ2) is 5.09. The number of aromatic carboxylic acids is 1. The molecular weight excluding hydrogens is 318 g/mol. The molecule has 0 bridgehead atoms. The van der Waals surface area contributed by atoms with Gasteiger partial charge >= 0.3 is 5.97 Å². The first-order valence-corrected chi connectivity index (χ1v) is 7.08. The van der Waals surface area contributed by atoms with Gasteiger partial charge in [0.1, 0.15) is 9.09 Å². The number of carboxylic acids is 1. The van der Waals surface area contributed by atoms with Gasteiger partial charge in [0.2, 0.25) is 10.0 Å². The van der Waals surface area contributed by atoms with Crippen molar-refractivity contribution >= 4 is 43.3 Å². The summed E-state index contributed by atoms with van der Waals surface area (Å²) in [7, 11) is -3.65. The van der Waals surface area contributed by atoms with Crippen LogP contribution >= 0.6 is 27.3 Å². The predicted molar refractivity (Wildman–Crippen MR) is 64.5 cm³/mol. The zero-order valence-electron chi connectivity index (χ0n) is 7.94. The minimum atomic E-state index is -3.65. The van der Waals surface area contributed by atoms with Crippen LogP contribution in [0.15, 0.2) is 27.4 Å². The Kier molecular flexibility index (Phi) is 4.25. The van der Waals surface area contributed by atoms with Crippen LogP contribution in [-0.4, -0.2) is 26.0 Å². The van der Waals surface area contributed by atoms with Crippen LogP contribution in [0.2, 0.25) is 0 Å². The van der Waals surface area contributed by atoms with Crippen molar-refractivity contribution in [3.8, 4) is 0 Å². The van der Waals surface area contributed by atoms with Crippen LogP contribution in [0.3, 0.4) is 0 Å². The zero-order chi connectivity index (χ0) is 12.3. The van der Waals surface area contributed by atoms with Gasteiger partial charge in [-0.15, -0.1) is 11.3 Å². The summed E-state index contributed by atoms with van der Waals surface area (Å²) in [5.74, 6) is -1.14. The first-order valence-electron chi connectivity index (χ1n) is 3.99. The molecule has 0 aromatic carbocycles. The lowest BCUT2D eigenvalue weighted by atomic mass is 10.5. The molecule has 1 heterocycles. The maximum absolute atomic E-state index is 11.6. The molecule has 0 aliphatic rings. The van der Waals surface area contributed by atoms with E-state index in [1.54, 1.807) is 0 Å².